The van der Waals surface area contributed by atoms with Crippen molar-refractivity contribution in [1.82, 2.24) is 10.0 Å². The third-order valence-corrected chi connectivity index (χ3v) is 7.41. The Balaban J connectivity index is 1.64. The summed E-state index contributed by atoms with van der Waals surface area (Å²) in [5, 5.41) is 5.56. The van der Waals surface area contributed by atoms with Crippen molar-refractivity contribution in [2.45, 2.75) is 44.7 Å². The first-order valence-corrected chi connectivity index (χ1v) is 14.0. The fraction of sp³-hybridized carbons (Fsp3) is 0.385. The van der Waals surface area contributed by atoms with Crippen molar-refractivity contribution in [3.63, 3.8) is 0 Å². The molecule has 0 saturated heterocycles. The Morgan fingerprint density at radius 2 is 1.78 bits per heavy atom. The molecule has 1 aliphatic carbocycles. The number of carbonyl (C=O) groups is 3. The normalized spacial score (nSPS) is 20.1. The molecular formula is C26H31N5O5S. The standard InChI is InChI=1S/C26H31N5O5S/c1-17-13-14-20(15-21(17)23(32)30-37(3,35)36)28-25(34)29-26(19-10-5-4-6-11-19)24(33)31(2)22-12-8-7-9-18(22)16-27-26/h7-9,12-16,19H,4-6,10-11H2,1-3H3,(H,30,32)(H2,28,29,34). The van der Waals surface area contributed by atoms with Crippen LogP contribution in [0.4, 0.5) is 16.2 Å². The fourth-order valence-corrected chi connectivity index (χ4v) is 5.43. The van der Waals surface area contributed by atoms with Gasteiger partial charge in [0.25, 0.3) is 11.8 Å². The van der Waals surface area contributed by atoms with E-state index in [2.05, 4.69) is 10.6 Å². The highest BCUT2D eigenvalue weighted by atomic mass is 32.2. The van der Waals surface area contributed by atoms with Gasteiger partial charge in [0.15, 0.2) is 0 Å². The monoisotopic (exact) mass is 525 g/mol. The maximum Gasteiger partial charge on any atom is 0.321 e. The highest BCUT2D eigenvalue weighted by Gasteiger charge is 2.49. The van der Waals surface area contributed by atoms with Gasteiger partial charge >= 0.3 is 6.03 Å². The van der Waals surface area contributed by atoms with Crippen molar-refractivity contribution >= 4 is 45.5 Å². The highest BCUT2D eigenvalue weighted by Crippen LogP contribution is 2.38. The predicted molar refractivity (Wildman–Crippen MR) is 142 cm³/mol. The van der Waals surface area contributed by atoms with Crippen LogP contribution < -0.4 is 20.3 Å². The van der Waals surface area contributed by atoms with Gasteiger partial charge in [0.2, 0.25) is 15.7 Å². The summed E-state index contributed by atoms with van der Waals surface area (Å²) in [4.78, 5) is 45.9. The zero-order valence-electron chi connectivity index (χ0n) is 21.1. The number of carbonyl (C=O) groups excluding carboxylic acids is 3. The Morgan fingerprint density at radius 3 is 2.49 bits per heavy atom. The Kier molecular flexibility index (Phi) is 7.35. The molecule has 0 bridgehead atoms. The summed E-state index contributed by atoms with van der Waals surface area (Å²) in [6.45, 7) is 1.66. The zero-order valence-corrected chi connectivity index (χ0v) is 21.9. The summed E-state index contributed by atoms with van der Waals surface area (Å²) in [7, 11) is -2.08. The number of likely N-dealkylation sites (N-methyl/N-ethyl adjacent to an activating group) is 1. The molecule has 2 aromatic carbocycles. The minimum atomic E-state index is -3.76. The second kappa shape index (κ2) is 10.3. The van der Waals surface area contributed by atoms with Crippen LogP contribution in [0.25, 0.3) is 0 Å². The van der Waals surface area contributed by atoms with Crippen LogP contribution in [0.5, 0.6) is 0 Å². The van der Waals surface area contributed by atoms with Gasteiger partial charge in [-0.2, -0.15) is 0 Å². The largest absolute Gasteiger partial charge is 0.321 e. The van der Waals surface area contributed by atoms with Crippen molar-refractivity contribution in [2.75, 3.05) is 23.5 Å². The van der Waals surface area contributed by atoms with Crippen LogP contribution in [0.15, 0.2) is 47.5 Å². The van der Waals surface area contributed by atoms with E-state index in [1.165, 1.54) is 11.0 Å². The number of nitrogens with one attached hydrogen (secondary N) is 3. The van der Waals surface area contributed by atoms with E-state index in [-0.39, 0.29) is 23.1 Å². The fourth-order valence-electron chi connectivity index (χ4n) is 4.99. The number of aliphatic imine (C=N–C) groups is 1. The Labute approximate surface area is 216 Å². The average molecular weight is 526 g/mol. The lowest BCUT2D eigenvalue weighted by molar-refractivity contribution is -0.126. The molecule has 4 rings (SSSR count). The maximum absolute atomic E-state index is 13.9. The van der Waals surface area contributed by atoms with Crippen molar-refractivity contribution in [3.8, 4) is 0 Å². The molecule has 1 heterocycles. The Hall–Kier alpha value is -3.73. The minimum Gasteiger partial charge on any atom is -0.311 e. The number of nitrogens with zero attached hydrogens (tertiary/aromatic N) is 2. The first-order chi connectivity index (χ1) is 17.5. The number of sulfonamides is 1. The summed E-state index contributed by atoms with van der Waals surface area (Å²) < 4.78 is 24.9. The molecule has 37 heavy (non-hydrogen) atoms. The molecule has 10 nitrogen and oxygen atoms in total. The number of anilines is 2. The predicted octanol–water partition coefficient (Wildman–Crippen LogP) is 3.18. The molecule has 1 atom stereocenters. The summed E-state index contributed by atoms with van der Waals surface area (Å²) in [6, 6.07) is 11.4. The van der Waals surface area contributed by atoms with E-state index in [1.807, 2.05) is 29.0 Å². The van der Waals surface area contributed by atoms with Gasteiger partial charge in [0.05, 0.1) is 11.9 Å². The second-order valence-corrected chi connectivity index (χ2v) is 11.3. The van der Waals surface area contributed by atoms with Crippen molar-refractivity contribution in [2.24, 2.45) is 10.9 Å². The van der Waals surface area contributed by atoms with Crippen LogP contribution in [-0.4, -0.2) is 51.4 Å². The number of benzene rings is 2. The van der Waals surface area contributed by atoms with Crippen LogP contribution in [0, 0.1) is 12.8 Å². The summed E-state index contributed by atoms with van der Waals surface area (Å²) in [6.07, 6.45) is 6.96. The SMILES string of the molecule is Cc1ccc(NC(=O)NC2(C3CCCCC3)N=Cc3ccccc3N(C)C2=O)cc1C(=O)NS(C)(=O)=O. The number of benzodiazepines with no additional fused rings is 1. The van der Waals surface area contributed by atoms with Gasteiger partial charge in [-0.1, -0.05) is 43.5 Å². The molecule has 4 amide bonds. The van der Waals surface area contributed by atoms with E-state index in [4.69, 9.17) is 4.99 Å². The number of amides is 4. The van der Waals surface area contributed by atoms with E-state index in [9.17, 15) is 22.8 Å². The number of hydrogen-bond donors (Lipinski definition) is 3. The van der Waals surface area contributed by atoms with Crippen molar-refractivity contribution in [3.05, 3.63) is 59.2 Å². The van der Waals surface area contributed by atoms with Gasteiger partial charge in [-0.25, -0.2) is 17.9 Å². The third kappa shape index (κ3) is 5.66. The topological polar surface area (TPSA) is 137 Å². The molecule has 196 valence electrons. The molecule has 1 fully saturated rings. The lowest BCUT2D eigenvalue weighted by Crippen LogP contribution is -2.63. The molecule has 0 aromatic heterocycles. The van der Waals surface area contributed by atoms with Crippen LogP contribution >= 0.6 is 0 Å². The van der Waals surface area contributed by atoms with Crippen LogP contribution in [-0.2, 0) is 14.8 Å². The summed E-state index contributed by atoms with van der Waals surface area (Å²) in [5.41, 5.74) is 0.883. The number of aryl methyl sites for hydroxylation is 1. The first kappa shape index (κ1) is 26.3. The van der Waals surface area contributed by atoms with Crippen LogP contribution in [0.2, 0.25) is 0 Å². The third-order valence-electron chi connectivity index (χ3n) is 6.85. The van der Waals surface area contributed by atoms with Crippen molar-refractivity contribution < 1.29 is 22.8 Å². The van der Waals surface area contributed by atoms with Gasteiger partial charge < -0.3 is 15.5 Å². The number of rotatable bonds is 5. The number of urea groups is 1. The maximum atomic E-state index is 13.9. The lowest BCUT2D eigenvalue weighted by Gasteiger charge is -2.40. The van der Waals surface area contributed by atoms with E-state index < -0.39 is 27.6 Å². The molecule has 3 N–H and O–H groups in total. The van der Waals surface area contributed by atoms with Gasteiger partial charge in [0.1, 0.15) is 0 Å². The van der Waals surface area contributed by atoms with Gasteiger partial charge in [-0.3, -0.25) is 14.6 Å². The van der Waals surface area contributed by atoms with E-state index >= 15 is 0 Å². The van der Waals surface area contributed by atoms with E-state index in [1.54, 1.807) is 32.3 Å². The molecule has 11 heteroatoms. The zero-order chi connectivity index (χ0) is 26.8. The van der Waals surface area contributed by atoms with Gasteiger partial charge in [-0.15, -0.1) is 0 Å². The lowest BCUT2D eigenvalue weighted by atomic mass is 9.79. The summed E-state index contributed by atoms with van der Waals surface area (Å²) in [5.74, 6) is -1.32. The van der Waals surface area contributed by atoms with Crippen LogP contribution in [0.1, 0.15) is 53.6 Å². The Morgan fingerprint density at radius 1 is 1.08 bits per heavy atom. The second-order valence-electron chi connectivity index (χ2n) is 9.59. The summed E-state index contributed by atoms with van der Waals surface area (Å²) >= 11 is 0. The van der Waals surface area contributed by atoms with Crippen molar-refractivity contribution in [1.29, 1.82) is 0 Å². The van der Waals surface area contributed by atoms with E-state index in [0.29, 0.717) is 11.3 Å². The highest BCUT2D eigenvalue weighted by molar-refractivity contribution is 7.89. The number of hydrogen-bond acceptors (Lipinski definition) is 6. The van der Waals surface area contributed by atoms with Gasteiger partial charge in [0, 0.05) is 36.0 Å². The molecule has 1 unspecified atom stereocenters. The quantitative estimate of drug-likeness (QED) is 0.551. The molecule has 2 aromatic rings. The average Bonchev–Trinajstić information content (AvgIpc) is 2.96. The number of fused-ring (bicyclic) bond motifs is 1. The Bertz CT molecular complexity index is 1370. The first-order valence-electron chi connectivity index (χ1n) is 12.1. The smallest absolute Gasteiger partial charge is 0.311 e. The number of para-hydroxylation sites is 1. The van der Waals surface area contributed by atoms with Crippen LogP contribution in [0.3, 0.4) is 0 Å². The molecular weight excluding hydrogens is 494 g/mol. The van der Waals surface area contributed by atoms with E-state index in [0.717, 1.165) is 43.9 Å². The molecule has 2 aliphatic rings. The minimum absolute atomic E-state index is 0.101. The van der Waals surface area contributed by atoms with Gasteiger partial charge in [-0.05, 0) is 43.5 Å². The molecule has 0 radical (unpaired) electrons. The molecule has 0 spiro atoms. The molecule has 1 aliphatic heterocycles. The molecule has 1 saturated carbocycles.